The maximum atomic E-state index is 10.9. The van der Waals surface area contributed by atoms with E-state index in [4.69, 9.17) is 9.99 Å². The lowest BCUT2D eigenvalue weighted by Gasteiger charge is -2.18. The van der Waals surface area contributed by atoms with Gasteiger partial charge in [0.1, 0.15) is 5.75 Å². The summed E-state index contributed by atoms with van der Waals surface area (Å²) in [6.07, 6.45) is 0. The quantitative estimate of drug-likeness (QED) is 0.633. The molecule has 0 spiro atoms. The molecule has 88 valence electrons. The minimum Gasteiger partial charge on any atom is -0.493 e. The maximum Gasteiger partial charge on any atom is 0.372 e. The van der Waals surface area contributed by atoms with Gasteiger partial charge in [-0.05, 0) is 29.7 Å². The summed E-state index contributed by atoms with van der Waals surface area (Å²) in [5, 5.41) is 8.19. The van der Waals surface area contributed by atoms with Crippen LogP contribution in [0.4, 0.5) is 0 Å². The van der Waals surface area contributed by atoms with Crippen molar-refractivity contribution in [3.05, 3.63) is 29.8 Å². The van der Waals surface area contributed by atoms with Crippen LogP contribution in [0.15, 0.2) is 24.3 Å². The lowest BCUT2D eigenvalue weighted by molar-refractivity contribution is -0.182. The van der Waals surface area contributed by atoms with Crippen LogP contribution >= 0.6 is 0 Å². The van der Waals surface area contributed by atoms with Gasteiger partial charge in [-0.15, -0.1) is 0 Å². The van der Waals surface area contributed by atoms with Crippen molar-refractivity contribution in [2.24, 2.45) is 5.41 Å². The Kier molecular flexibility index (Phi) is 3.90. The third-order valence-electron chi connectivity index (χ3n) is 1.84. The van der Waals surface area contributed by atoms with Gasteiger partial charge in [0.25, 0.3) is 0 Å². The summed E-state index contributed by atoms with van der Waals surface area (Å²) in [5.74, 6) is -0.0909. The van der Waals surface area contributed by atoms with E-state index in [2.05, 4.69) is 25.7 Å². The van der Waals surface area contributed by atoms with Crippen LogP contribution in [0.1, 0.15) is 31.1 Å². The molecule has 4 nitrogen and oxygen atoms in total. The van der Waals surface area contributed by atoms with E-state index < -0.39 is 5.97 Å². The lowest BCUT2D eigenvalue weighted by atomic mass is 9.99. The first-order valence-electron chi connectivity index (χ1n) is 5.01. The number of carbonyl (C=O) groups excluding carboxylic acids is 1. The van der Waals surface area contributed by atoms with Crippen LogP contribution in [0.5, 0.6) is 5.75 Å². The minimum atomic E-state index is -0.776. The Morgan fingerprint density at radius 1 is 1.25 bits per heavy atom. The van der Waals surface area contributed by atoms with E-state index in [1.165, 1.54) is 12.1 Å². The number of hydrogen-bond donors (Lipinski definition) is 1. The average molecular weight is 224 g/mol. The highest BCUT2D eigenvalue weighted by molar-refractivity contribution is 5.88. The molecule has 0 aliphatic rings. The number of hydrogen-bond acceptors (Lipinski definition) is 4. The van der Waals surface area contributed by atoms with Crippen LogP contribution in [-0.4, -0.2) is 17.8 Å². The van der Waals surface area contributed by atoms with Crippen molar-refractivity contribution in [2.75, 3.05) is 6.61 Å². The van der Waals surface area contributed by atoms with Gasteiger partial charge in [-0.3, -0.25) is 4.89 Å². The van der Waals surface area contributed by atoms with Crippen LogP contribution < -0.4 is 4.74 Å². The zero-order valence-corrected chi connectivity index (χ0v) is 9.69. The lowest BCUT2D eigenvalue weighted by Crippen LogP contribution is -2.16. The predicted octanol–water partition coefficient (Wildman–Crippen LogP) is 2.74. The Hall–Kier alpha value is -1.55. The number of ether oxygens (including phenoxy) is 1. The van der Waals surface area contributed by atoms with Gasteiger partial charge in [-0.1, -0.05) is 20.8 Å². The highest BCUT2D eigenvalue weighted by Crippen LogP contribution is 2.18. The summed E-state index contributed by atoms with van der Waals surface area (Å²) >= 11 is 0. The van der Waals surface area contributed by atoms with Gasteiger partial charge in [0.15, 0.2) is 0 Å². The molecule has 0 aliphatic carbocycles. The van der Waals surface area contributed by atoms with E-state index >= 15 is 0 Å². The highest BCUT2D eigenvalue weighted by Gasteiger charge is 2.11. The fourth-order valence-electron chi connectivity index (χ4n) is 1.04. The third-order valence-corrected chi connectivity index (χ3v) is 1.84. The molecule has 0 heterocycles. The smallest absolute Gasteiger partial charge is 0.372 e. The van der Waals surface area contributed by atoms with Crippen LogP contribution in [0.3, 0.4) is 0 Å². The molecule has 0 bridgehead atoms. The van der Waals surface area contributed by atoms with Crippen LogP contribution in [-0.2, 0) is 4.89 Å². The number of benzene rings is 1. The molecule has 0 aliphatic heterocycles. The third kappa shape index (κ3) is 3.90. The molecule has 0 saturated carbocycles. The van der Waals surface area contributed by atoms with Crippen molar-refractivity contribution in [2.45, 2.75) is 20.8 Å². The zero-order chi connectivity index (χ0) is 12.2. The molecule has 0 radical (unpaired) electrons. The van der Waals surface area contributed by atoms with Gasteiger partial charge in [0.05, 0.1) is 12.2 Å². The van der Waals surface area contributed by atoms with Crippen molar-refractivity contribution < 1.29 is 19.7 Å². The van der Waals surface area contributed by atoms with Crippen molar-refractivity contribution in [1.29, 1.82) is 0 Å². The molecule has 0 fully saturated rings. The van der Waals surface area contributed by atoms with Gasteiger partial charge in [0, 0.05) is 0 Å². The summed E-state index contributed by atoms with van der Waals surface area (Å²) < 4.78 is 5.52. The molecular weight excluding hydrogens is 208 g/mol. The fourth-order valence-corrected chi connectivity index (χ4v) is 1.04. The molecule has 0 amide bonds. The van der Waals surface area contributed by atoms with E-state index in [1.54, 1.807) is 12.1 Å². The standard InChI is InChI=1S/C12H16O4/c1-12(2,3)8-15-10-6-4-9(5-7-10)11(13)16-14/h4-7,14H,8H2,1-3H3. The number of rotatable bonds is 3. The normalized spacial score (nSPS) is 11.0. The second kappa shape index (κ2) is 4.99. The van der Waals surface area contributed by atoms with Crippen molar-refractivity contribution in [3.8, 4) is 5.75 Å². The predicted molar refractivity (Wildman–Crippen MR) is 59.4 cm³/mol. The van der Waals surface area contributed by atoms with Crippen molar-refractivity contribution in [3.63, 3.8) is 0 Å². The SMILES string of the molecule is CC(C)(C)COc1ccc(C(=O)OO)cc1. The number of carbonyl (C=O) groups is 1. The molecule has 0 saturated heterocycles. The summed E-state index contributed by atoms with van der Waals surface area (Å²) in [7, 11) is 0. The molecule has 0 unspecified atom stereocenters. The molecule has 0 atom stereocenters. The van der Waals surface area contributed by atoms with Crippen molar-refractivity contribution in [1.82, 2.24) is 0 Å². The molecule has 1 N–H and O–H groups in total. The largest absolute Gasteiger partial charge is 0.493 e. The zero-order valence-electron chi connectivity index (χ0n) is 9.69. The van der Waals surface area contributed by atoms with Gasteiger partial charge in [0.2, 0.25) is 0 Å². The average Bonchev–Trinajstić information content (AvgIpc) is 2.25. The Bertz CT molecular complexity index is 348. The minimum absolute atomic E-state index is 0.0860. The topological polar surface area (TPSA) is 55.8 Å². The maximum absolute atomic E-state index is 10.9. The van der Waals surface area contributed by atoms with E-state index in [0.717, 1.165) is 0 Å². The first-order valence-corrected chi connectivity index (χ1v) is 5.01. The molecule has 0 aromatic heterocycles. The molecule has 1 rings (SSSR count). The van der Waals surface area contributed by atoms with E-state index in [-0.39, 0.29) is 11.0 Å². The first-order chi connectivity index (χ1) is 7.42. The summed E-state index contributed by atoms with van der Waals surface area (Å²) in [6, 6.07) is 6.41. The molecule has 1 aromatic carbocycles. The fraction of sp³-hybridized carbons (Fsp3) is 0.417. The monoisotopic (exact) mass is 224 g/mol. The van der Waals surface area contributed by atoms with Gasteiger partial charge < -0.3 is 4.74 Å². The van der Waals surface area contributed by atoms with Crippen LogP contribution in [0, 0.1) is 5.41 Å². The summed E-state index contributed by atoms with van der Waals surface area (Å²) in [6.45, 7) is 6.82. The van der Waals surface area contributed by atoms with Crippen LogP contribution in [0.25, 0.3) is 0 Å². The second-order valence-electron chi connectivity index (χ2n) is 4.75. The highest BCUT2D eigenvalue weighted by atomic mass is 17.1. The van der Waals surface area contributed by atoms with E-state index in [1.807, 2.05) is 0 Å². The Labute approximate surface area is 94.7 Å². The molecule has 1 aromatic rings. The molecule has 4 heteroatoms. The first kappa shape index (κ1) is 12.5. The van der Waals surface area contributed by atoms with Gasteiger partial charge in [-0.25, -0.2) is 4.79 Å². The summed E-state index contributed by atoms with van der Waals surface area (Å²) in [4.78, 5) is 14.5. The van der Waals surface area contributed by atoms with E-state index in [0.29, 0.717) is 12.4 Å². The van der Waals surface area contributed by atoms with Crippen LogP contribution in [0.2, 0.25) is 0 Å². The van der Waals surface area contributed by atoms with E-state index in [9.17, 15) is 4.79 Å². The second-order valence-corrected chi connectivity index (χ2v) is 4.75. The van der Waals surface area contributed by atoms with Gasteiger partial charge >= 0.3 is 5.97 Å². The Morgan fingerprint density at radius 3 is 2.25 bits per heavy atom. The van der Waals surface area contributed by atoms with Gasteiger partial charge in [-0.2, -0.15) is 5.26 Å². The van der Waals surface area contributed by atoms with Crippen molar-refractivity contribution >= 4 is 5.97 Å². The Balaban J connectivity index is 2.62. The molecule has 16 heavy (non-hydrogen) atoms. The summed E-state index contributed by atoms with van der Waals surface area (Å²) in [5.41, 5.74) is 0.369. The molecular formula is C12H16O4. The Morgan fingerprint density at radius 2 is 1.81 bits per heavy atom.